The van der Waals surface area contributed by atoms with Crippen LogP contribution in [-0.2, 0) is 6.54 Å². The Kier molecular flexibility index (Phi) is 4.14. The van der Waals surface area contributed by atoms with Crippen LogP contribution in [0.4, 0.5) is 13.2 Å². The maximum Gasteiger partial charge on any atom is 0.406 e. The molecular weight excluding hydrogens is 259 g/mol. The van der Waals surface area contributed by atoms with E-state index in [0.717, 1.165) is 24.0 Å². The zero-order valence-corrected chi connectivity index (χ0v) is 10.3. The number of piperidine rings is 1. The van der Waals surface area contributed by atoms with E-state index in [-0.39, 0.29) is 11.7 Å². The molecule has 2 rings (SSSR count). The zero-order chi connectivity index (χ0) is 13.9. The van der Waals surface area contributed by atoms with Crippen molar-refractivity contribution in [3.63, 3.8) is 0 Å². The summed E-state index contributed by atoms with van der Waals surface area (Å²) in [5, 5.41) is 5.89. The molecule has 0 bridgehead atoms. The molecule has 0 unspecified atom stereocenters. The van der Waals surface area contributed by atoms with Crippen molar-refractivity contribution in [3.8, 4) is 0 Å². The summed E-state index contributed by atoms with van der Waals surface area (Å²) in [5.74, 6) is -0.456. The second-order valence-electron chi connectivity index (χ2n) is 4.65. The van der Waals surface area contributed by atoms with Crippen molar-refractivity contribution < 1.29 is 18.0 Å². The van der Waals surface area contributed by atoms with Gasteiger partial charge >= 0.3 is 6.18 Å². The number of aromatic nitrogens is 1. The van der Waals surface area contributed by atoms with Crippen LogP contribution in [0.25, 0.3) is 0 Å². The molecule has 106 valence electrons. The van der Waals surface area contributed by atoms with Crippen molar-refractivity contribution in [1.82, 2.24) is 15.2 Å². The van der Waals surface area contributed by atoms with Crippen LogP contribution in [0, 0.1) is 0 Å². The largest absolute Gasteiger partial charge is 0.406 e. The summed E-state index contributed by atoms with van der Waals surface area (Å²) in [7, 11) is 0. The van der Waals surface area contributed by atoms with Gasteiger partial charge < -0.3 is 15.2 Å². The summed E-state index contributed by atoms with van der Waals surface area (Å²) in [6.07, 6.45) is -1.27. The van der Waals surface area contributed by atoms with E-state index in [4.69, 9.17) is 0 Å². The first-order valence-corrected chi connectivity index (χ1v) is 6.19. The van der Waals surface area contributed by atoms with Crippen LogP contribution in [-0.4, -0.2) is 35.8 Å². The molecule has 19 heavy (non-hydrogen) atoms. The Labute approximate surface area is 109 Å². The lowest BCUT2D eigenvalue weighted by molar-refractivity contribution is -0.140. The van der Waals surface area contributed by atoms with Gasteiger partial charge in [0.15, 0.2) is 0 Å². The first-order chi connectivity index (χ1) is 8.96. The van der Waals surface area contributed by atoms with Crippen LogP contribution in [0.5, 0.6) is 0 Å². The van der Waals surface area contributed by atoms with Crippen LogP contribution in [0.3, 0.4) is 0 Å². The van der Waals surface area contributed by atoms with Gasteiger partial charge in [-0.1, -0.05) is 0 Å². The van der Waals surface area contributed by atoms with Crippen LogP contribution in [0.1, 0.15) is 23.3 Å². The van der Waals surface area contributed by atoms with E-state index in [9.17, 15) is 18.0 Å². The molecule has 1 aromatic rings. The average molecular weight is 275 g/mol. The van der Waals surface area contributed by atoms with Gasteiger partial charge in [0.1, 0.15) is 12.2 Å². The number of halogens is 3. The number of hydrogen-bond acceptors (Lipinski definition) is 2. The smallest absolute Gasteiger partial charge is 0.347 e. The van der Waals surface area contributed by atoms with Gasteiger partial charge in [-0.25, -0.2) is 0 Å². The number of alkyl halides is 3. The number of carbonyl (C=O) groups excluding carboxylic acids is 1. The minimum atomic E-state index is -4.33. The monoisotopic (exact) mass is 275 g/mol. The van der Waals surface area contributed by atoms with Gasteiger partial charge in [-0.2, -0.15) is 13.2 Å². The number of nitrogens with one attached hydrogen (secondary N) is 2. The fourth-order valence-electron chi connectivity index (χ4n) is 2.19. The van der Waals surface area contributed by atoms with Gasteiger partial charge in [0, 0.05) is 18.8 Å². The van der Waals surface area contributed by atoms with E-state index >= 15 is 0 Å². The van der Waals surface area contributed by atoms with Gasteiger partial charge in [-0.3, -0.25) is 4.79 Å². The van der Waals surface area contributed by atoms with Gasteiger partial charge in [-0.05, 0) is 31.5 Å². The second-order valence-corrected chi connectivity index (χ2v) is 4.65. The molecule has 2 N–H and O–H groups in total. The quantitative estimate of drug-likeness (QED) is 0.879. The molecule has 2 heterocycles. The highest BCUT2D eigenvalue weighted by molar-refractivity contribution is 5.93. The SMILES string of the molecule is O=C(N[C@@H]1CCCNC1)c1cccn1CC(F)(F)F. The molecule has 1 fully saturated rings. The van der Waals surface area contributed by atoms with E-state index in [2.05, 4.69) is 10.6 Å². The third-order valence-electron chi connectivity index (χ3n) is 3.04. The molecule has 1 aromatic heterocycles. The third-order valence-corrected chi connectivity index (χ3v) is 3.04. The Bertz CT molecular complexity index is 436. The lowest BCUT2D eigenvalue weighted by Gasteiger charge is -2.24. The summed E-state index contributed by atoms with van der Waals surface area (Å²) in [5.41, 5.74) is 0.0444. The molecule has 0 aromatic carbocycles. The van der Waals surface area contributed by atoms with Crippen molar-refractivity contribution >= 4 is 5.91 Å². The maximum atomic E-state index is 12.4. The highest BCUT2D eigenvalue weighted by Crippen LogP contribution is 2.19. The lowest BCUT2D eigenvalue weighted by Crippen LogP contribution is -2.46. The Balaban J connectivity index is 2.00. The molecule has 1 amide bonds. The van der Waals surface area contributed by atoms with Gasteiger partial charge in [0.2, 0.25) is 0 Å². The van der Waals surface area contributed by atoms with Crippen LogP contribution in [0.2, 0.25) is 0 Å². The predicted molar refractivity (Wildman–Crippen MR) is 63.8 cm³/mol. The van der Waals surface area contributed by atoms with E-state index in [0.29, 0.717) is 6.54 Å². The molecule has 0 saturated carbocycles. The van der Waals surface area contributed by atoms with Crippen LogP contribution in [0.15, 0.2) is 18.3 Å². The first kappa shape index (κ1) is 13.9. The second kappa shape index (κ2) is 5.64. The van der Waals surface area contributed by atoms with E-state index < -0.39 is 18.6 Å². The molecular formula is C12H16F3N3O. The number of nitrogens with zero attached hydrogens (tertiary/aromatic N) is 1. The highest BCUT2D eigenvalue weighted by atomic mass is 19.4. The van der Waals surface area contributed by atoms with E-state index in [1.165, 1.54) is 18.3 Å². The number of rotatable bonds is 3. The molecule has 0 aliphatic carbocycles. The van der Waals surface area contributed by atoms with Crippen LogP contribution >= 0.6 is 0 Å². The standard InChI is InChI=1S/C12H16F3N3O/c13-12(14,15)8-18-6-2-4-10(18)11(19)17-9-3-1-5-16-7-9/h2,4,6,9,16H,1,3,5,7-8H2,(H,17,19)/t9-/m1/s1. The lowest BCUT2D eigenvalue weighted by atomic mass is 10.1. The van der Waals surface area contributed by atoms with Crippen molar-refractivity contribution in [2.45, 2.75) is 31.6 Å². The molecule has 4 nitrogen and oxygen atoms in total. The molecule has 1 aliphatic heterocycles. The van der Waals surface area contributed by atoms with Gasteiger partial charge in [0.05, 0.1) is 0 Å². The molecule has 1 saturated heterocycles. The summed E-state index contributed by atoms with van der Waals surface area (Å²) in [6.45, 7) is 0.425. The van der Waals surface area contributed by atoms with Crippen molar-refractivity contribution in [1.29, 1.82) is 0 Å². The molecule has 1 aliphatic rings. The van der Waals surface area contributed by atoms with E-state index in [1.54, 1.807) is 0 Å². The zero-order valence-electron chi connectivity index (χ0n) is 10.3. The first-order valence-electron chi connectivity index (χ1n) is 6.19. The minimum Gasteiger partial charge on any atom is -0.347 e. The van der Waals surface area contributed by atoms with E-state index in [1.807, 2.05) is 0 Å². The number of amides is 1. The van der Waals surface area contributed by atoms with Gasteiger partial charge in [0.25, 0.3) is 5.91 Å². The Morgan fingerprint density at radius 3 is 2.95 bits per heavy atom. The maximum absolute atomic E-state index is 12.4. The normalized spacial score (nSPS) is 20.3. The summed E-state index contributed by atoms with van der Waals surface area (Å²) < 4.78 is 38.0. The number of hydrogen-bond donors (Lipinski definition) is 2. The van der Waals surface area contributed by atoms with Gasteiger partial charge in [-0.15, -0.1) is 0 Å². The molecule has 1 atom stereocenters. The third kappa shape index (κ3) is 3.99. The van der Waals surface area contributed by atoms with Crippen LogP contribution < -0.4 is 10.6 Å². The molecule has 0 radical (unpaired) electrons. The fraction of sp³-hybridized carbons (Fsp3) is 0.583. The summed E-state index contributed by atoms with van der Waals surface area (Å²) in [4.78, 5) is 12.0. The molecule has 7 heteroatoms. The Morgan fingerprint density at radius 2 is 2.32 bits per heavy atom. The summed E-state index contributed by atoms with van der Waals surface area (Å²) >= 11 is 0. The predicted octanol–water partition coefficient (Wildman–Crippen LogP) is 1.53. The topological polar surface area (TPSA) is 46.1 Å². The average Bonchev–Trinajstić information content (AvgIpc) is 2.76. The van der Waals surface area contributed by atoms with Crippen molar-refractivity contribution in [2.24, 2.45) is 0 Å². The Morgan fingerprint density at radius 1 is 1.53 bits per heavy atom. The van der Waals surface area contributed by atoms with Crippen molar-refractivity contribution in [2.75, 3.05) is 13.1 Å². The number of carbonyl (C=O) groups is 1. The minimum absolute atomic E-state index is 0.0181. The highest BCUT2D eigenvalue weighted by Gasteiger charge is 2.29. The summed E-state index contributed by atoms with van der Waals surface area (Å²) in [6, 6.07) is 2.83. The van der Waals surface area contributed by atoms with Crippen molar-refractivity contribution in [3.05, 3.63) is 24.0 Å². The fourth-order valence-corrected chi connectivity index (χ4v) is 2.19. The molecule has 0 spiro atoms. The Hall–Kier alpha value is -1.50.